The summed E-state index contributed by atoms with van der Waals surface area (Å²) in [6, 6.07) is 12.3. The number of pyridine rings is 1. The molecule has 5 rings (SSSR count). The lowest BCUT2D eigenvalue weighted by Crippen LogP contribution is -2.48. The van der Waals surface area contributed by atoms with Crippen LogP contribution in [-0.4, -0.2) is 42.0 Å². The molecule has 0 atom stereocenters. The number of nitriles is 1. The molecule has 1 aliphatic rings. The molecule has 1 amide bonds. The minimum atomic E-state index is -0.275. The Bertz CT molecular complexity index is 1380. The molecular weight excluding hydrogens is 459 g/mol. The number of rotatable bonds is 3. The highest BCUT2D eigenvalue weighted by Gasteiger charge is 2.29. The van der Waals surface area contributed by atoms with Crippen LogP contribution in [0, 0.1) is 17.1 Å². The number of amides is 1. The standard InChI is InChI=1S/C23H19FN6OS2/c24-13-3-5-14(6-4-13)29-7-9-30(10-8-29)23(31)20-19(26)18-17(16-2-1-11-32-16)15(12-25)21(27)28-22(18)33-20/h1-6,11H,7-10,26H2,(H2,27,28). The van der Waals surface area contributed by atoms with Gasteiger partial charge in [-0.15, -0.1) is 22.7 Å². The molecule has 3 aromatic heterocycles. The van der Waals surface area contributed by atoms with Crippen molar-refractivity contribution < 1.29 is 9.18 Å². The molecule has 0 aliphatic carbocycles. The number of carbonyl (C=O) groups excluding carboxylic acids is 1. The van der Waals surface area contributed by atoms with Crippen molar-refractivity contribution in [1.82, 2.24) is 9.88 Å². The molecule has 1 saturated heterocycles. The average molecular weight is 479 g/mol. The highest BCUT2D eigenvalue weighted by atomic mass is 32.1. The van der Waals surface area contributed by atoms with Crippen LogP contribution in [-0.2, 0) is 0 Å². The van der Waals surface area contributed by atoms with E-state index >= 15 is 0 Å². The van der Waals surface area contributed by atoms with Gasteiger partial charge in [0.05, 0.1) is 5.69 Å². The van der Waals surface area contributed by atoms with Gasteiger partial charge in [-0.05, 0) is 35.7 Å². The molecular formula is C23H19FN6OS2. The van der Waals surface area contributed by atoms with Gasteiger partial charge in [0.15, 0.2) is 0 Å². The zero-order chi connectivity index (χ0) is 23.1. The second-order valence-corrected chi connectivity index (χ2v) is 9.56. The second kappa shape index (κ2) is 8.35. The van der Waals surface area contributed by atoms with E-state index in [2.05, 4.69) is 16.0 Å². The van der Waals surface area contributed by atoms with Gasteiger partial charge in [0, 0.05) is 47.7 Å². The first-order chi connectivity index (χ1) is 16.0. The number of halogens is 1. The number of anilines is 3. The monoisotopic (exact) mass is 478 g/mol. The molecule has 0 bridgehead atoms. The molecule has 10 heteroatoms. The van der Waals surface area contributed by atoms with Crippen molar-refractivity contribution in [2.45, 2.75) is 0 Å². The first-order valence-corrected chi connectivity index (χ1v) is 11.9. The molecule has 33 heavy (non-hydrogen) atoms. The van der Waals surface area contributed by atoms with Gasteiger partial charge < -0.3 is 21.3 Å². The molecule has 0 unspecified atom stereocenters. The van der Waals surface area contributed by atoms with Crippen LogP contribution in [0.4, 0.5) is 21.6 Å². The Balaban J connectivity index is 1.47. The highest BCUT2D eigenvalue weighted by molar-refractivity contribution is 7.21. The third-order valence-electron chi connectivity index (χ3n) is 5.74. The topological polar surface area (TPSA) is 112 Å². The summed E-state index contributed by atoms with van der Waals surface area (Å²) in [5.41, 5.74) is 14.7. The van der Waals surface area contributed by atoms with Crippen molar-refractivity contribution in [2.24, 2.45) is 0 Å². The van der Waals surface area contributed by atoms with Gasteiger partial charge >= 0.3 is 0 Å². The fourth-order valence-electron chi connectivity index (χ4n) is 4.07. The lowest BCUT2D eigenvalue weighted by atomic mass is 10.0. The number of nitrogen functional groups attached to an aromatic ring is 2. The van der Waals surface area contributed by atoms with Gasteiger partial charge in [-0.1, -0.05) is 6.07 Å². The second-order valence-electron chi connectivity index (χ2n) is 7.62. The van der Waals surface area contributed by atoms with Gasteiger partial charge in [-0.3, -0.25) is 4.79 Å². The summed E-state index contributed by atoms with van der Waals surface area (Å²) in [7, 11) is 0. The zero-order valence-corrected chi connectivity index (χ0v) is 19.0. The summed E-state index contributed by atoms with van der Waals surface area (Å²) in [6.45, 7) is 2.29. The molecule has 7 nitrogen and oxygen atoms in total. The highest BCUT2D eigenvalue weighted by Crippen LogP contribution is 2.44. The summed E-state index contributed by atoms with van der Waals surface area (Å²) >= 11 is 2.67. The first kappa shape index (κ1) is 21.2. The Labute approximate surface area is 197 Å². The normalized spacial score (nSPS) is 13.9. The van der Waals surface area contributed by atoms with Crippen molar-refractivity contribution in [3.63, 3.8) is 0 Å². The number of fused-ring (bicyclic) bond motifs is 1. The van der Waals surface area contributed by atoms with Crippen molar-refractivity contribution in [2.75, 3.05) is 42.5 Å². The van der Waals surface area contributed by atoms with Crippen LogP contribution in [0.15, 0.2) is 41.8 Å². The van der Waals surface area contributed by atoms with Gasteiger partial charge in [0.1, 0.15) is 33.0 Å². The number of hydrogen-bond acceptors (Lipinski definition) is 8. The van der Waals surface area contributed by atoms with E-state index in [0.717, 1.165) is 10.6 Å². The first-order valence-electron chi connectivity index (χ1n) is 10.2. The third kappa shape index (κ3) is 3.65. The number of hydrogen-bond donors (Lipinski definition) is 2. The van der Waals surface area contributed by atoms with Crippen LogP contribution in [0.1, 0.15) is 15.2 Å². The minimum absolute atomic E-state index is 0.126. The molecule has 1 fully saturated rings. The molecule has 0 spiro atoms. The number of thiophene rings is 2. The SMILES string of the molecule is N#Cc1c(N)nc2sc(C(=O)N3CCN(c4ccc(F)cc4)CC3)c(N)c2c1-c1cccs1. The Morgan fingerprint density at radius 1 is 1.12 bits per heavy atom. The Morgan fingerprint density at radius 3 is 2.48 bits per heavy atom. The number of nitrogens with zero attached hydrogens (tertiary/aromatic N) is 4. The van der Waals surface area contributed by atoms with Gasteiger partial charge in [0.2, 0.25) is 0 Å². The predicted octanol–water partition coefficient (Wildman–Crippen LogP) is 4.16. The Morgan fingerprint density at radius 2 is 1.85 bits per heavy atom. The molecule has 0 saturated carbocycles. The number of piperazine rings is 1. The van der Waals surface area contributed by atoms with E-state index in [1.54, 1.807) is 17.0 Å². The average Bonchev–Trinajstić information content (AvgIpc) is 3.47. The van der Waals surface area contributed by atoms with Gasteiger partial charge in [-0.25, -0.2) is 9.37 Å². The van der Waals surface area contributed by atoms with Gasteiger partial charge in [-0.2, -0.15) is 5.26 Å². The van der Waals surface area contributed by atoms with Crippen molar-refractivity contribution in [3.8, 4) is 16.5 Å². The van der Waals surface area contributed by atoms with E-state index in [0.29, 0.717) is 52.5 Å². The minimum Gasteiger partial charge on any atom is -0.397 e. The van der Waals surface area contributed by atoms with E-state index in [4.69, 9.17) is 11.5 Å². The molecule has 0 radical (unpaired) electrons. The third-order valence-corrected chi connectivity index (χ3v) is 7.71. The largest absolute Gasteiger partial charge is 0.397 e. The molecule has 4 heterocycles. The quantitative estimate of drug-likeness (QED) is 0.457. The van der Waals surface area contributed by atoms with Crippen LogP contribution >= 0.6 is 22.7 Å². The number of benzene rings is 1. The van der Waals surface area contributed by atoms with E-state index < -0.39 is 0 Å². The fourth-order valence-corrected chi connectivity index (χ4v) is 5.94. The number of nitrogens with two attached hydrogens (primary N) is 2. The maximum Gasteiger partial charge on any atom is 0.266 e. The summed E-state index contributed by atoms with van der Waals surface area (Å²) < 4.78 is 13.2. The lowest BCUT2D eigenvalue weighted by Gasteiger charge is -2.36. The molecule has 166 valence electrons. The van der Waals surface area contributed by atoms with Crippen LogP contribution in [0.3, 0.4) is 0 Å². The van der Waals surface area contributed by atoms with E-state index in [1.807, 2.05) is 17.5 Å². The molecule has 1 aliphatic heterocycles. The van der Waals surface area contributed by atoms with Crippen molar-refractivity contribution in [1.29, 1.82) is 5.26 Å². The molecule has 1 aromatic carbocycles. The summed E-state index contributed by atoms with van der Waals surface area (Å²) in [5, 5.41) is 12.2. The van der Waals surface area contributed by atoms with Crippen LogP contribution in [0.2, 0.25) is 0 Å². The van der Waals surface area contributed by atoms with Crippen LogP contribution in [0.25, 0.3) is 20.7 Å². The lowest BCUT2D eigenvalue weighted by molar-refractivity contribution is 0.0752. The number of carbonyl (C=O) groups is 1. The summed E-state index contributed by atoms with van der Waals surface area (Å²) in [4.78, 5) is 23.4. The van der Waals surface area contributed by atoms with E-state index in [-0.39, 0.29) is 23.1 Å². The van der Waals surface area contributed by atoms with Crippen LogP contribution < -0.4 is 16.4 Å². The Hall–Kier alpha value is -3.68. The predicted molar refractivity (Wildman–Crippen MR) is 131 cm³/mol. The van der Waals surface area contributed by atoms with E-state index in [9.17, 15) is 14.4 Å². The van der Waals surface area contributed by atoms with Crippen molar-refractivity contribution in [3.05, 3.63) is 58.0 Å². The number of aromatic nitrogens is 1. The maximum atomic E-state index is 13.4. The maximum absolute atomic E-state index is 13.4. The summed E-state index contributed by atoms with van der Waals surface area (Å²) in [5.74, 6) is -0.312. The molecule has 4 aromatic rings. The summed E-state index contributed by atoms with van der Waals surface area (Å²) in [6.07, 6.45) is 0. The zero-order valence-electron chi connectivity index (χ0n) is 17.4. The van der Waals surface area contributed by atoms with Gasteiger partial charge in [0.25, 0.3) is 5.91 Å². The molecule has 4 N–H and O–H groups in total. The smallest absolute Gasteiger partial charge is 0.266 e. The van der Waals surface area contributed by atoms with E-state index in [1.165, 1.54) is 34.8 Å². The Kier molecular flexibility index (Phi) is 5.36. The fraction of sp³-hybridized carbons (Fsp3) is 0.174. The van der Waals surface area contributed by atoms with Crippen molar-refractivity contribution >= 4 is 56.0 Å². The van der Waals surface area contributed by atoms with Crippen LogP contribution in [0.5, 0.6) is 0 Å².